The summed E-state index contributed by atoms with van der Waals surface area (Å²) in [4.78, 5) is 34.4. The molecule has 8 heteroatoms. The van der Waals surface area contributed by atoms with Crippen LogP contribution >= 0.6 is 0 Å². The molecule has 8 nitrogen and oxygen atoms in total. The van der Waals surface area contributed by atoms with E-state index in [9.17, 15) is 14.7 Å². The Bertz CT molecular complexity index is 591. The third-order valence-corrected chi connectivity index (χ3v) is 2.88. The lowest BCUT2D eigenvalue weighted by Crippen LogP contribution is -2.24. The number of aliphatic imine (C=N–C) groups is 1. The number of ether oxygens (including phenoxy) is 1. The molecule has 1 rings (SSSR count). The molecule has 132 valence electrons. The number of carboxylic acids is 1. The number of carbonyl (C=O) groups is 2. The maximum Gasteiger partial charge on any atom is 0.303 e. The first-order valence-corrected chi connectivity index (χ1v) is 7.59. The number of ketones is 1. The third kappa shape index (κ3) is 8.33. The largest absolute Gasteiger partial charge is 0.490 e. The molecule has 0 aliphatic heterocycles. The lowest BCUT2D eigenvalue weighted by atomic mass is 10.0. The Hall–Kier alpha value is -2.35. The molecule has 0 aromatic carbocycles. The molecular weight excluding hydrogens is 314 g/mol. The summed E-state index contributed by atoms with van der Waals surface area (Å²) in [5.74, 6) is -0.213. The number of hydrogen-bond acceptors (Lipinski definition) is 7. The zero-order valence-corrected chi connectivity index (χ0v) is 14.2. The number of aromatic nitrogens is 2. The predicted octanol–water partition coefficient (Wildman–Crippen LogP) is 1.26. The van der Waals surface area contributed by atoms with Gasteiger partial charge in [-0.25, -0.2) is 9.97 Å². The zero-order valence-electron chi connectivity index (χ0n) is 14.2. The number of rotatable bonds is 10. The molecule has 1 aromatic heterocycles. The van der Waals surface area contributed by atoms with Crippen molar-refractivity contribution in [2.45, 2.75) is 45.6 Å². The first kappa shape index (κ1) is 19.7. The molecule has 0 amide bonds. The summed E-state index contributed by atoms with van der Waals surface area (Å²) in [6, 6.07) is 0. The fourth-order valence-corrected chi connectivity index (χ4v) is 1.81. The Kier molecular flexibility index (Phi) is 7.44. The van der Waals surface area contributed by atoms with Gasteiger partial charge in [0, 0.05) is 12.8 Å². The van der Waals surface area contributed by atoms with Crippen molar-refractivity contribution in [3.8, 4) is 5.75 Å². The first-order valence-electron chi connectivity index (χ1n) is 7.59. The molecule has 0 bridgehead atoms. The van der Waals surface area contributed by atoms with Gasteiger partial charge in [-0.2, -0.15) is 0 Å². The second-order valence-corrected chi connectivity index (χ2v) is 6.02. The van der Waals surface area contributed by atoms with E-state index >= 15 is 0 Å². The summed E-state index contributed by atoms with van der Waals surface area (Å²) >= 11 is 0. The van der Waals surface area contributed by atoms with Crippen LogP contribution in [0.15, 0.2) is 17.4 Å². The third-order valence-electron chi connectivity index (χ3n) is 2.88. The standard InChI is InChI=1S/C16H23N3O5/c1-11(17-8-12(20)7-16(2,3)23)15-18-9-13(10-19-15)24-6-4-5-14(21)22/h9-10,23H,4-8H2,1-3H3,(H,21,22). The average Bonchev–Trinajstić information content (AvgIpc) is 2.48. The Labute approximate surface area is 140 Å². The summed E-state index contributed by atoms with van der Waals surface area (Å²) in [6.07, 6.45) is 3.43. The average molecular weight is 337 g/mol. The van der Waals surface area contributed by atoms with E-state index in [1.54, 1.807) is 20.8 Å². The minimum absolute atomic E-state index is 0.0351. The van der Waals surface area contributed by atoms with Crippen LogP contribution in [-0.4, -0.2) is 56.4 Å². The molecule has 2 N–H and O–H groups in total. The fraction of sp³-hybridized carbons (Fsp3) is 0.562. The normalized spacial score (nSPS) is 12.1. The molecule has 0 aliphatic rings. The smallest absolute Gasteiger partial charge is 0.303 e. The maximum absolute atomic E-state index is 11.7. The molecule has 0 unspecified atom stereocenters. The topological polar surface area (TPSA) is 122 Å². The second kappa shape index (κ2) is 9.07. The van der Waals surface area contributed by atoms with Gasteiger partial charge in [-0.05, 0) is 27.2 Å². The first-order chi connectivity index (χ1) is 11.2. The number of aliphatic hydroxyl groups is 1. The minimum atomic E-state index is -1.05. The highest BCUT2D eigenvalue weighted by atomic mass is 16.5. The highest BCUT2D eigenvalue weighted by molar-refractivity contribution is 5.96. The summed E-state index contributed by atoms with van der Waals surface area (Å²) in [6.45, 7) is 5.07. The van der Waals surface area contributed by atoms with Crippen molar-refractivity contribution in [2.75, 3.05) is 13.2 Å². The maximum atomic E-state index is 11.7. The van der Waals surface area contributed by atoms with Crippen LogP contribution in [-0.2, 0) is 9.59 Å². The van der Waals surface area contributed by atoms with Gasteiger partial charge in [0.15, 0.2) is 17.4 Å². The molecule has 1 aromatic rings. The number of nitrogens with zero attached hydrogens (tertiary/aromatic N) is 3. The van der Waals surface area contributed by atoms with E-state index in [1.165, 1.54) is 12.4 Å². The van der Waals surface area contributed by atoms with E-state index in [2.05, 4.69) is 15.0 Å². The number of carboxylic acid groups (broad SMARTS) is 1. The Morgan fingerprint density at radius 1 is 1.29 bits per heavy atom. The molecule has 0 saturated carbocycles. The molecule has 0 fully saturated rings. The van der Waals surface area contributed by atoms with Crippen LogP contribution < -0.4 is 4.74 Å². The Morgan fingerprint density at radius 2 is 1.92 bits per heavy atom. The predicted molar refractivity (Wildman–Crippen MR) is 87.4 cm³/mol. The summed E-state index contributed by atoms with van der Waals surface area (Å²) in [5, 5.41) is 18.1. The summed E-state index contributed by atoms with van der Waals surface area (Å²) in [7, 11) is 0. The quantitative estimate of drug-likeness (QED) is 0.487. The van der Waals surface area contributed by atoms with Crippen molar-refractivity contribution in [1.82, 2.24) is 9.97 Å². The van der Waals surface area contributed by atoms with Crippen LogP contribution in [0.1, 0.15) is 45.9 Å². The molecule has 0 saturated heterocycles. The van der Waals surface area contributed by atoms with Crippen LogP contribution in [0.25, 0.3) is 0 Å². The van der Waals surface area contributed by atoms with Crippen molar-refractivity contribution >= 4 is 17.5 Å². The Balaban J connectivity index is 2.50. The van der Waals surface area contributed by atoms with Crippen molar-refractivity contribution in [3.63, 3.8) is 0 Å². The second-order valence-electron chi connectivity index (χ2n) is 6.02. The van der Waals surface area contributed by atoms with E-state index in [-0.39, 0.29) is 31.8 Å². The Morgan fingerprint density at radius 3 is 2.46 bits per heavy atom. The van der Waals surface area contributed by atoms with Gasteiger partial charge in [-0.3, -0.25) is 14.6 Å². The van der Waals surface area contributed by atoms with Gasteiger partial charge in [-0.15, -0.1) is 0 Å². The van der Waals surface area contributed by atoms with Crippen LogP contribution in [0.3, 0.4) is 0 Å². The van der Waals surface area contributed by atoms with Gasteiger partial charge >= 0.3 is 5.97 Å². The van der Waals surface area contributed by atoms with Gasteiger partial charge in [0.05, 0.1) is 36.9 Å². The van der Waals surface area contributed by atoms with E-state index in [1.807, 2.05) is 0 Å². The highest BCUT2D eigenvalue weighted by Gasteiger charge is 2.17. The van der Waals surface area contributed by atoms with E-state index in [4.69, 9.17) is 9.84 Å². The number of aliphatic carboxylic acids is 1. The van der Waals surface area contributed by atoms with E-state index in [0.717, 1.165) is 0 Å². The molecule has 1 heterocycles. The van der Waals surface area contributed by atoms with Crippen molar-refractivity contribution in [2.24, 2.45) is 4.99 Å². The molecule has 0 aliphatic carbocycles. The summed E-state index contributed by atoms with van der Waals surface area (Å²) in [5.41, 5.74) is -0.534. The fourth-order valence-electron chi connectivity index (χ4n) is 1.81. The van der Waals surface area contributed by atoms with E-state index < -0.39 is 11.6 Å². The number of Topliss-reactive ketones (excluding diaryl/α,β-unsaturated/α-hetero) is 1. The van der Waals surface area contributed by atoms with Crippen molar-refractivity contribution in [1.29, 1.82) is 0 Å². The molecule has 24 heavy (non-hydrogen) atoms. The summed E-state index contributed by atoms with van der Waals surface area (Å²) < 4.78 is 5.33. The molecule has 0 radical (unpaired) electrons. The molecular formula is C16H23N3O5. The van der Waals surface area contributed by atoms with Crippen molar-refractivity contribution < 1.29 is 24.5 Å². The zero-order chi connectivity index (χ0) is 18.2. The highest BCUT2D eigenvalue weighted by Crippen LogP contribution is 2.09. The van der Waals surface area contributed by atoms with Crippen LogP contribution in [0.5, 0.6) is 5.75 Å². The lowest BCUT2D eigenvalue weighted by Gasteiger charge is -2.14. The van der Waals surface area contributed by atoms with Crippen LogP contribution in [0, 0.1) is 0 Å². The number of hydrogen-bond donors (Lipinski definition) is 2. The molecule has 0 atom stereocenters. The lowest BCUT2D eigenvalue weighted by molar-refractivity contribution is -0.137. The minimum Gasteiger partial charge on any atom is -0.490 e. The monoisotopic (exact) mass is 337 g/mol. The van der Waals surface area contributed by atoms with Gasteiger partial charge in [0.1, 0.15) is 0 Å². The van der Waals surface area contributed by atoms with Gasteiger partial charge in [0.25, 0.3) is 0 Å². The number of carbonyl (C=O) groups excluding carboxylic acids is 1. The van der Waals surface area contributed by atoms with Crippen molar-refractivity contribution in [3.05, 3.63) is 18.2 Å². The van der Waals surface area contributed by atoms with E-state index in [0.29, 0.717) is 23.7 Å². The SMILES string of the molecule is CC(=NCC(=O)CC(C)(C)O)c1ncc(OCCCC(=O)O)cn1. The van der Waals surface area contributed by atoms with Gasteiger partial charge in [0.2, 0.25) is 0 Å². The van der Waals surface area contributed by atoms with Gasteiger partial charge in [-0.1, -0.05) is 0 Å². The molecule has 0 spiro atoms. The van der Waals surface area contributed by atoms with Crippen LogP contribution in [0.2, 0.25) is 0 Å². The van der Waals surface area contributed by atoms with Crippen LogP contribution in [0.4, 0.5) is 0 Å². The van der Waals surface area contributed by atoms with Gasteiger partial charge < -0.3 is 14.9 Å².